The van der Waals surface area contributed by atoms with Gasteiger partial charge in [-0.3, -0.25) is 9.80 Å². The molecule has 2 aliphatic heterocycles. The third kappa shape index (κ3) is 4.43. The lowest BCUT2D eigenvalue weighted by atomic mass is 10.1. The van der Waals surface area contributed by atoms with Gasteiger partial charge in [-0.25, -0.2) is 0 Å². The summed E-state index contributed by atoms with van der Waals surface area (Å²) in [4.78, 5) is 5.00. The van der Waals surface area contributed by atoms with Crippen LogP contribution in [0.15, 0.2) is 24.3 Å². The molecule has 0 saturated carbocycles. The number of hydrogen-bond acceptors (Lipinski definition) is 4. The molecule has 0 aromatic heterocycles. The molecule has 0 amide bonds. The molecular weight excluding hydrogens is 264 g/mol. The number of benzene rings is 1. The molecule has 2 heterocycles. The van der Waals surface area contributed by atoms with Crippen LogP contribution < -0.4 is 0 Å². The summed E-state index contributed by atoms with van der Waals surface area (Å²) >= 11 is 0. The van der Waals surface area contributed by atoms with Crippen molar-refractivity contribution in [2.24, 2.45) is 0 Å². The van der Waals surface area contributed by atoms with E-state index in [-0.39, 0.29) is 0 Å². The van der Waals surface area contributed by atoms with Gasteiger partial charge in [0.25, 0.3) is 0 Å². The van der Waals surface area contributed by atoms with Crippen molar-refractivity contribution >= 4 is 0 Å². The van der Waals surface area contributed by atoms with Crippen LogP contribution in [0.1, 0.15) is 24.8 Å². The van der Waals surface area contributed by atoms with Gasteiger partial charge in [0.05, 0.1) is 6.10 Å². The highest BCUT2D eigenvalue weighted by Crippen LogP contribution is 2.17. The smallest absolute Gasteiger partial charge is 0.115 e. The van der Waals surface area contributed by atoms with Gasteiger partial charge in [-0.05, 0) is 37.0 Å². The van der Waals surface area contributed by atoms with Gasteiger partial charge in [-0.1, -0.05) is 12.1 Å². The molecule has 1 atom stereocenters. The summed E-state index contributed by atoms with van der Waals surface area (Å²) < 4.78 is 5.83. The van der Waals surface area contributed by atoms with E-state index in [2.05, 4.69) is 15.9 Å². The minimum Gasteiger partial charge on any atom is -0.508 e. The highest BCUT2D eigenvalue weighted by Gasteiger charge is 2.21. The molecule has 0 bridgehead atoms. The lowest BCUT2D eigenvalue weighted by Gasteiger charge is -2.37. The van der Waals surface area contributed by atoms with Crippen molar-refractivity contribution in [3.8, 4) is 5.75 Å². The van der Waals surface area contributed by atoms with E-state index in [9.17, 15) is 5.11 Å². The van der Waals surface area contributed by atoms with Gasteiger partial charge in [0.1, 0.15) is 5.75 Å². The van der Waals surface area contributed by atoms with E-state index in [1.807, 2.05) is 12.1 Å². The maximum atomic E-state index is 9.53. The monoisotopic (exact) mass is 290 g/mol. The molecule has 2 saturated heterocycles. The Bertz CT molecular complexity index is 438. The number of hydrogen-bond donors (Lipinski definition) is 1. The SMILES string of the molecule is Oc1cccc(CN2CCN(CC3CCCCO3)CC2)c1. The molecule has 1 unspecified atom stereocenters. The number of rotatable bonds is 4. The number of aromatic hydroxyl groups is 1. The number of phenols is 1. The Kier molecular flexibility index (Phi) is 5.12. The van der Waals surface area contributed by atoms with Gasteiger partial charge in [-0.2, -0.15) is 0 Å². The Morgan fingerprint density at radius 1 is 1.10 bits per heavy atom. The average molecular weight is 290 g/mol. The first-order chi connectivity index (χ1) is 10.3. The number of ether oxygens (including phenoxy) is 1. The van der Waals surface area contributed by atoms with Crippen molar-refractivity contribution in [2.45, 2.75) is 31.9 Å². The van der Waals surface area contributed by atoms with Crippen LogP contribution in [0, 0.1) is 0 Å². The van der Waals surface area contributed by atoms with Crippen molar-refractivity contribution in [2.75, 3.05) is 39.3 Å². The lowest BCUT2D eigenvalue weighted by Crippen LogP contribution is -2.48. The van der Waals surface area contributed by atoms with E-state index >= 15 is 0 Å². The predicted octanol–water partition coefficient (Wildman–Crippen LogP) is 2.08. The zero-order valence-corrected chi connectivity index (χ0v) is 12.7. The van der Waals surface area contributed by atoms with Gasteiger partial charge < -0.3 is 9.84 Å². The topological polar surface area (TPSA) is 35.9 Å². The van der Waals surface area contributed by atoms with Crippen molar-refractivity contribution in [1.82, 2.24) is 9.80 Å². The zero-order chi connectivity index (χ0) is 14.5. The zero-order valence-electron chi connectivity index (χ0n) is 12.7. The molecule has 1 aromatic carbocycles. The fourth-order valence-corrected chi connectivity index (χ4v) is 3.28. The summed E-state index contributed by atoms with van der Waals surface area (Å²) in [5.74, 6) is 0.362. The second-order valence-corrected chi connectivity index (χ2v) is 6.24. The molecule has 2 fully saturated rings. The minimum atomic E-state index is 0.362. The number of piperazine rings is 1. The van der Waals surface area contributed by atoms with E-state index in [0.29, 0.717) is 11.9 Å². The molecule has 0 spiro atoms. The van der Waals surface area contributed by atoms with Crippen LogP contribution in [0.4, 0.5) is 0 Å². The fraction of sp³-hybridized carbons (Fsp3) is 0.647. The van der Waals surface area contributed by atoms with E-state index < -0.39 is 0 Å². The first-order valence-corrected chi connectivity index (χ1v) is 8.14. The molecule has 3 rings (SSSR count). The largest absolute Gasteiger partial charge is 0.508 e. The Morgan fingerprint density at radius 2 is 1.90 bits per heavy atom. The molecule has 1 aromatic rings. The Balaban J connectivity index is 1.42. The highest BCUT2D eigenvalue weighted by atomic mass is 16.5. The van der Waals surface area contributed by atoms with E-state index in [1.165, 1.54) is 24.8 Å². The van der Waals surface area contributed by atoms with Gasteiger partial charge in [0, 0.05) is 45.9 Å². The summed E-state index contributed by atoms with van der Waals surface area (Å²) in [5, 5.41) is 9.53. The van der Waals surface area contributed by atoms with Crippen LogP contribution in [0.25, 0.3) is 0 Å². The van der Waals surface area contributed by atoms with Crippen molar-refractivity contribution < 1.29 is 9.84 Å². The van der Waals surface area contributed by atoms with Gasteiger partial charge >= 0.3 is 0 Å². The summed E-state index contributed by atoms with van der Waals surface area (Å²) in [5.41, 5.74) is 1.19. The third-order valence-corrected chi connectivity index (χ3v) is 4.52. The molecule has 4 nitrogen and oxygen atoms in total. The molecule has 0 aliphatic carbocycles. The van der Waals surface area contributed by atoms with Crippen LogP contribution in [0.5, 0.6) is 5.75 Å². The summed E-state index contributed by atoms with van der Waals surface area (Å²) in [7, 11) is 0. The third-order valence-electron chi connectivity index (χ3n) is 4.52. The van der Waals surface area contributed by atoms with Crippen LogP contribution in [0.2, 0.25) is 0 Å². The second-order valence-electron chi connectivity index (χ2n) is 6.24. The molecule has 1 N–H and O–H groups in total. The predicted molar refractivity (Wildman–Crippen MR) is 83.4 cm³/mol. The summed E-state index contributed by atoms with van der Waals surface area (Å²) in [6.07, 6.45) is 4.23. The first-order valence-electron chi connectivity index (χ1n) is 8.14. The lowest BCUT2D eigenvalue weighted by molar-refractivity contribution is -0.0145. The van der Waals surface area contributed by atoms with Crippen LogP contribution in [-0.2, 0) is 11.3 Å². The van der Waals surface area contributed by atoms with Crippen molar-refractivity contribution in [3.63, 3.8) is 0 Å². The van der Waals surface area contributed by atoms with E-state index in [0.717, 1.165) is 45.9 Å². The highest BCUT2D eigenvalue weighted by molar-refractivity contribution is 5.27. The second kappa shape index (κ2) is 7.25. The number of phenolic OH excluding ortho intramolecular Hbond substituents is 1. The standard InChI is InChI=1S/C17H26N2O2/c20-16-5-3-4-15(12-16)13-18-7-9-19(10-8-18)14-17-6-1-2-11-21-17/h3-5,12,17,20H,1-2,6-11,13-14H2. The molecule has 21 heavy (non-hydrogen) atoms. The van der Waals surface area contributed by atoms with Gasteiger partial charge in [0.15, 0.2) is 0 Å². The molecule has 0 radical (unpaired) electrons. The van der Waals surface area contributed by atoms with Crippen LogP contribution in [0.3, 0.4) is 0 Å². The number of nitrogens with zero attached hydrogens (tertiary/aromatic N) is 2. The molecule has 4 heteroatoms. The summed E-state index contributed by atoms with van der Waals surface area (Å²) in [6, 6.07) is 7.59. The minimum absolute atomic E-state index is 0.362. The first kappa shape index (κ1) is 14.8. The van der Waals surface area contributed by atoms with Crippen LogP contribution >= 0.6 is 0 Å². The maximum absolute atomic E-state index is 9.53. The molecule has 116 valence electrons. The maximum Gasteiger partial charge on any atom is 0.115 e. The van der Waals surface area contributed by atoms with Gasteiger partial charge in [-0.15, -0.1) is 0 Å². The van der Waals surface area contributed by atoms with Crippen LogP contribution in [-0.4, -0.2) is 60.3 Å². The summed E-state index contributed by atoms with van der Waals surface area (Å²) in [6.45, 7) is 7.42. The Labute approximate surface area is 127 Å². The van der Waals surface area contributed by atoms with Crippen molar-refractivity contribution in [1.29, 1.82) is 0 Å². The normalized spacial score (nSPS) is 25.0. The van der Waals surface area contributed by atoms with Gasteiger partial charge in [0.2, 0.25) is 0 Å². The fourth-order valence-electron chi connectivity index (χ4n) is 3.28. The Hall–Kier alpha value is -1.10. The molecular formula is C17H26N2O2. The quantitative estimate of drug-likeness (QED) is 0.921. The Morgan fingerprint density at radius 3 is 2.62 bits per heavy atom. The van der Waals surface area contributed by atoms with E-state index in [1.54, 1.807) is 6.07 Å². The van der Waals surface area contributed by atoms with E-state index in [4.69, 9.17) is 4.74 Å². The average Bonchev–Trinajstić information content (AvgIpc) is 2.50. The van der Waals surface area contributed by atoms with Crippen molar-refractivity contribution in [3.05, 3.63) is 29.8 Å². The molecule has 2 aliphatic rings.